The number of nitrogens with two attached hydrogens (primary N) is 1. The van der Waals surface area contributed by atoms with Crippen molar-refractivity contribution in [3.8, 4) is 0 Å². The highest BCUT2D eigenvalue weighted by Gasteiger charge is 2.36. The van der Waals surface area contributed by atoms with Gasteiger partial charge in [0.1, 0.15) is 0 Å². The zero-order chi connectivity index (χ0) is 14.9. The van der Waals surface area contributed by atoms with Gasteiger partial charge in [-0.3, -0.25) is 0 Å². The molecule has 116 valence electrons. The molecule has 3 unspecified atom stereocenters. The fraction of sp³-hybridized carbons (Fsp3) is 0.700. The van der Waals surface area contributed by atoms with E-state index in [1.807, 2.05) is 0 Å². The Hall–Kier alpha value is -0.820. The lowest BCUT2D eigenvalue weighted by Crippen LogP contribution is -2.35. The molecule has 0 aromatic heterocycles. The van der Waals surface area contributed by atoms with E-state index < -0.39 is 0 Å². The maximum Gasteiger partial charge on any atom is -0.00462 e. The molecule has 0 saturated heterocycles. The number of rotatable bonds is 3. The Kier molecular flexibility index (Phi) is 4.40. The van der Waals surface area contributed by atoms with Gasteiger partial charge in [-0.1, -0.05) is 38.1 Å². The summed E-state index contributed by atoms with van der Waals surface area (Å²) >= 11 is 0. The van der Waals surface area contributed by atoms with Gasteiger partial charge in [-0.2, -0.15) is 0 Å². The van der Waals surface area contributed by atoms with E-state index in [9.17, 15) is 0 Å². The summed E-state index contributed by atoms with van der Waals surface area (Å²) in [4.78, 5) is 0. The van der Waals surface area contributed by atoms with Crippen LogP contribution in [0.2, 0.25) is 0 Å². The Labute approximate surface area is 130 Å². The Morgan fingerprint density at radius 3 is 2.76 bits per heavy atom. The van der Waals surface area contributed by atoms with Crippen molar-refractivity contribution in [3.63, 3.8) is 0 Å². The fourth-order valence-corrected chi connectivity index (χ4v) is 4.84. The van der Waals surface area contributed by atoms with E-state index in [0.717, 1.165) is 24.3 Å². The molecule has 1 fully saturated rings. The molecule has 1 saturated carbocycles. The van der Waals surface area contributed by atoms with Crippen molar-refractivity contribution >= 4 is 0 Å². The lowest BCUT2D eigenvalue weighted by Gasteiger charge is -2.42. The molecular weight excluding hydrogens is 254 g/mol. The summed E-state index contributed by atoms with van der Waals surface area (Å²) in [5, 5.41) is 0. The molecule has 2 N–H and O–H groups in total. The fourth-order valence-electron chi connectivity index (χ4n) is 4.84. The second kappa shape index (κ2) is 6.12. The molecule has 1 nitrogen and oxygen atoms in total. The summed E-state index contributed by atoms with van der Waals surface area (Å²) in [6.45, 7) is 5.78. The van der Waals surface area contributed by atoms with E-state index in [-0.39, 0.29) is 0 Å². The average Bonchev–Trinajstić information content (AvgIpc) is 2.47. The lowest BCUT2D eigenvalue weighted by molar-refractivity contribution is 0.108. The van der Waals surface area contributed by atoms with Gasteiger partial charge in [0.2, 0.25) is 0 Å². The molecule has 1 aromatic rings. The van der Waals surface area contributed by atoms with E-state index >= 15 is 0 Å². The molecule has 2 aliphatic carbocycles. The van der Waals surface area contributed by atoms with E-state index in [1.54, 1.807) is 11.1 Å². The number of benzene rings is 1. The first kappa shape index (κ1) is 15.1. The van der Waals surface area contributed by atoms with Crippen LogP contribution in [-0.4, -0.2) is 6.54 Å². The van der Waals surface area contributed by atoms with Crippen LogP contribution in [0.5, 0.6) is 0 Å². The minimum absolute atomic E-state index is 0.518. The zero-order valence-electron chi connectivity index (χ0n) is 13.8. The molecule has 3 rings (SSSR count). The highest BCUT2D eigenvalue weighted by Crippen LogP contribution is 2.47. The van der Waals surface area contributed by atoms with Crippen LogP contribution >= 0.6 is 0 Å². The molecule has 2 aliphatic rings. The van der Waals surface area contributed by atoms with Crippen LogP contribution in [0, 0.1) is 17.3 Å². The Balaban J connectivity index is 1.76. The Morgan fingerprint density at radius 1 is 1.14 bits per heavy atom. The summed E-state index contributed by atoms with van der Waals surface area (Å²) in [6, 6.07) is 9.15. The minimum Gasteiger partial charge on any atom is -0.330 e. The van der Waals surface area contributed by atoms with Gasteiger partial charge in [-0.25, -0.2) is 0 Å². The smallest absolute Gasteiger partial charge is 0.00462 e. The van der Waals surface area contributed by atoms with Crippen molar-refractivity contribution in [2.75, 3.05) is 6.54 Å². The zero-order valence-corrected chi connectivity index (χ0v) is 13.8. The third-order valence-electron chi connectivity index (χ3n) is 6.06. The van der Waals surface area contributed by atoms with Crippen LogP contribution < -0.4 is 5.73 Å². The molecule has 1 aromatic carbocycles. The molecule has 1 heteroatoms. The predicted molar refractivity (Wildman–Crippen MR) is 90.4 cm³/mol. The van der Waals surface area contributed by atoms with Crippen LogP contribution in [0.1, 0.15) is 69.4 Å². The summed E-state index contributed by atoms with van der Waals surface area (Å²) in [6.07, 6.45) is 9.45. The third kappa shape index (κ3) is 3.34. The number of aryl methyl sites for hydroxylation is 1. The van der Waals surface area contributed by atoms with Gasteiger partial charge < -0.3 is 5.73 Å². The van der Waals surface area contributed by atoms with Crippen molar-refractivity contribution in [1.29, 1.82) is 0 Å². The van der Waals surface area contributed by atoms with Crippen LogP contribution in [0.15, 0.2) is 24.3 Å². The van der Waals surface area contributed by atoms with Gasteiger partial charge in [0, 0.05) is 0 Å². The molecule has 0 heterocycles. The highest BCUT2D eigenvalue weighted by atomic mass is 14.6. The van der Waals surface area contributed by atoms with Crippen LogP contribution in [0.25, 0.3) is 0 Å². The van der Waals surface area contributed by atoms with Crippen molar-refractivity contribution < 1.29 is 0 Å². The monoisotopic (exact) mass is 285 g/mol. The third-order valence-corrected chi connectivity index (χ3v) is 6.06. The van der Waals surface area contributed by atoms with Gasteiger partial charge in [0.25, 0.3) is 0 Å². The van der Waals surface area contributed by atoms with Gasteiger partial charge in [-0.05, 0) is 85.8 Å². The van der Waals surface area contributed by atoms with Gasteiger partial charge in [0.15, 0.2) is 0 Å². The largest absolute Gasteiger partial charge is 0.330 e. The Bertz CT molecular complexity index is 476. The lowest BCUT2D eigenvalue weighted by atomic mass is 9.63. The standard InChI is InChI=1S/C20H31N/c1-20(2)11-10-17(14-21)18(13-20)12-16-8-5-7-15-6-3-4-9-19(15)16/h3-4,6,9,16-18H,5,7-8,10-14,21H2,1-2H3. The van der Waals surface area contributed by atoms with E-state index in [0.29, 0.717) is 5.41 Å². The van der Waals surface area contributed by atoms with E-state index in [2.05, 4.69) is 38.1 Å². The highest BCUT2D eigenvalue weighted by molar-refractivity contribution is 5.32. The first-order valence-electron chi connectivity index (χ1n) is 8.87. The van der Waals surface area contributed by atoms with E-state index in [1.165, 1.54) is 44.9 Å². The number of hydrogen-bond acceptors (Lipinski definition) is 1. The summed E-state index contributed by atoms with van der Waals surface area (Å²) < 4.78 is 0. The molecule has 21 heavy (non-hydrogen) atoms. The molecule has 0 spiro atoms. The second-order valence-corrected chi connectivity index (χ2v) is 8.19. The predicted octanol–water partition coefficient (Wildman–Crippen LogP) is 4.90. The first-order valence-corrected chi connectivity index (χ1v) is 8.87. The topological polar surface area (TPSA) is 26.0 Å². The molecular formula is C20H31N. The van der Waals surface area contributed by atoms with Gasteiger partial charge in [0.05, 0.1) is 0 Å². The van der Waals surface area contributed by atoms with Crippen LogP contribution in [-0.2, 0) is 6.42 Å². The molecule has 0 aliphatic heterocycles. The average molecular weight is 285 g/mol. The normalized spacial score (nSPS) is 31.7. The molecule has 0 radical (unpaired) electrons. The first-order chi connectivity index (χ1) is 10.1. The number of fused-ring (bicyclic) bond motifs is 1. The second-order valence-electron chi connectivity index (χ2n) is 8.19. The molecule has 0 bridgehead atoms. The molecule has 3 atom stereocenters. The van der Waals surface area contributed by atoms with Crippen LogP contribution in [0.4, 0.5) is 0 Å². The van der Waals surface area contributed by atoms with Crippen molar-refractivity contribution in [1.82, 2.24) is 0 Å². The summed E-state index contributed by atoms with van der Waals surface area (Å²) in [5.74, 6) is 2.37. The summed E-state index contributed by atoms with van der Waals surface area (Å²) in [5.41, 5.74) is 9.85. The molecule has 0 amide bonds. The minimum atomic E-state index is 0.518. The van der Waals surface area contributed by atoms with Crippen molar-refractivity contribution in [3.05, 3.63) is 35.4 Å². The van der Waals surface area contributed by atoms with Gasteiger partial charge >= 0.3 is 0 Å². The summed E-state index contributed by atoms with van der Waals surface area (Å²) in [7, 11) is 0. The van der Waals surface area contributed by atoms with Gasteiger partial charge in [-0.15, -0.1) is 0 Å². The quantitative estimate of drug-likeness (QED) is 0.840. The maximum absolute atomic E-state index is 6.08. The van der Waals surface area contributed by atoms with Crippen molar-refractivity contribution in [2.24, 2.45) is 23.0 Å². The number of hydrogen-bond donors (Lipinski definition) is 1. The van der Waals surface area contributed by atoms with E-state index in [4.69, 9.17) is 5.73 Å². The maximum atomic E-state index is 6.08. The SMILES string of the molecule is CC1(C)CCC(CN)C(CC2CCCc3ccccc32)C1. The van der Waals surface area contributed by atoms with Crippen molar-refractivity contribution in [2.45, 2.75) is 64.7 Å². The Morgan fingerprint density at radius 2 is 1.95 bits per heavy atom. The van der Waals surface area contributed by atoms with Crippen LogP contribution in [0.3, 0.4) is 0 Å².